The monoisotopic (exact) mass is 247 g/mol. The van der Waals surface area contributed by atoms with Crippen LogP contribution in [0.5, 0.6) is 0 Å². The largest absolute Gasteiger partial charge is 0.393 e. The van der Waals surface area contributed by atoms with Crippen molar-refractivity contribution in [3.63, 3.8) is 0 Å². The molecule has 0 heterocycles. The van der Waals surface area contributed by atoms with Crippen molar-refractivity contribution in [1.29, 1.82) is 0 Å². The summed E-state index contributed by atoms with van der Waals surface area (Å²) in [6.07, 6.45) is 2.82. The lowest BCUT2D eigenvalue weighted by molar-refractivity contribution is 0.137. The van der Waals surface area contributed by atoms with Gasteiger partial charge in [0.2, 0.25) is 0 Å². The molecule has 2 atom stereocenters. The zero-order chi connectivity index (χ0) is 13.0. The van der Waals surface area contributed by atoms with E-state index in [0.717, 1.165) is 24.9 Å². The highest BCUT2D eigenvalue weighted by molar-refractivity contribution is 5.92. The van der Waals surface area contributed by atoms with Crippen LogP contribution < -0.4 is 11.1 Å². The van der Waals surface area contributed by atoms with Gasteiger partial charge < -0.3 is 16.2 Å². The Morgan fingerprint density at radius 3 is 3.00 bits per heavy atom. The molecule has 2 rings (SSSR count). The minimum absolute atomic E-state index is 0.208. The number of guanidine groups is 1. The highest BCUT2D eigenvalue weighted by Crippen LogP contribution is 2.25. The van der Waals surface area contributed by atoms with Crippen LogP contribution >= 0.6 is 0 Å². The number of nitrogens with zero attached hydrogens (tertiary/aromatic N) is 1. The molecule has 2 unspecified atom stereocenters. The number of aliphatic hydroxyl groups excluding tert-OH is 1. The van der Waals surface area contributed by atoms with Gasteiger partial charge in [-0.1, -0.05) is 18.6 Å². The van der Waals surface area contributed by atoms with Gasteiger partial charge in [0, 0.05) is 18.2 Å². The van der Waals surface area contributed by atoms with Crippen molar-refractivity contribution in [3.05, 3.63) is 29.8 Å². The third kappa shape index (κ3) is 3.47. The Hall–Kier alpha value is -1.55. The zero-order valence-corrected chi connectivity index (χ0v) is 10.8. The van der Waals surface area contributed by atoms with Gasteiger partial charge in [0.25, 0.3) is 0 Å². The number of nitrogens with one attached hydrogen (secondary N) is 1. The minimum Gasteiger partial charge on any atom is -0.393 e. The van der Waals surface area contributed by atoms with E-state index < -0.39 is 0 Å². The first-order chi connectivity index (χ1) is 8.65. The highest BCUT2D eigenvalue weighted by atomic mass is 16.3. The number of nitrogens with two attached hydrogens (primary N) is 1. The Morgan fingerprint density at radius 2 is 2.33 bits per heavy atom. The number of anilines is 1. The van der Waals surface area contributed by atoms with Crippen LogP contribution in [0, 0.1) is 12.8 Å². The molecule has 1 saturated carbocycles. The van der Waals surface area contributed by atoms with Crippen LogP contribution in [0.1, 0.15) is 24.8 Å². The van der Waals surface area contributed by atoms with Crippen LogP contribution in [-0.2, 0) is 0 Å². The fraction of sp³-hybridized carbons (Fsp3) is 0.500. The molecule has 4 heteroatoms. The van der Waals surface area contributed by atoms with Crippen molar-refractivity contribution in [2.24, 2.45) is 16.6 Å². The van der Waals surface area contributed by atoms with E-state index in [2.05, 4.69) is 10.3 Å². The Kier molecular flexibility index (Phi) is 4.20. The first-order valence-corrected chi connectivity index (χ1v) is 6.47. The number of hydrogen-bond donors (Lipinski definition) is 3. The van der Waals surface area contributed by atoms with Gasteiger partial charge in [-0.2, -0.15) is 0 Å². The van der Waals surface area contributed by atoms with E-state index in [0.29, 0.717) is 12.5 Å². The second kappa shape index (κ2) is 5.87. The van der Waals surface area contributed by atoms with E-state index in [1.165, 1.54) is 5.56 Å². The maximum absolute atomic E-state index is 9.70. The quantitative estimate of drug-likeness (QED) is 0.564. The van der Waals surface area contributed by atoms with Gasteiger partial charge in [0.1, 0.15) is 0 Å². The average Bonchev–Trinajstić information content (AvgIpc) is 2.72. The molecule has 1 aromatic rings. The molecule has 0 aromatic heterocycles. The molecule has 0 radical (unpaired) electrons. The second-order valence-corrected chi connectivity index (χ2v) is 4.98. The second-order valence-electron chi connectivity index (χ2n) is 4.98. The molecule has 98 valence electrons. The molecular formula is C14H21N3O. The lowest BCUT2D eigenvalue weighted by atomic mass is 10.1. The molecule has 0 spiro atoms. The molecule has 1 aliphatic rings. The average molecular weight is 247 g/mol. The topological polar surface area (TPSA) is 70.6 Å². The lowest BCUT2D eigenvalue weighted by Gasteiger charge is -2.12. The van der Waals surface area contributed by atoms with Gasteiger partial charge in [0.15, 0.2) is 5.96 Å². The molecule has 18 heavy (non-hydrogen) atoms. The predicted molar refractivity (Wildman–Crippen MR) is 74.6 cm³/mol. The van der Waals surface area contributed by atoms with Gasteiger partial charge in [-0.3, -0.25) is 4.99 Å². The first kappa shape index (κ1) is 12.9. The van der Waals surface area contributed by atoms with Gasteiger partial charge in [-0.15, -0.1) is 0 Å². The standard InChI is InChI=1S/C14H21N3O/c1-10-4-2-6-12(8-10)17-14(15)16-9-11-5-3-7-13(11)18/h2,4,6,8,11,13,18H,3,5,7,9H2,1H3,(H3,15,16,17). The Morgan fingerprint density at radius 1 is 1.50 bits per heavy atom. The molecular weight excluding hydrogens is 226 g/mol. The summed E-state index contributed by atoms with van der Waals surface area (Å²) in [6, 6.07) is 7.99. The van der Waals surface area contributed by atoms with Gasteiger partial charge >= 0.3 is 0 Å². The summed E-state index contributed by atoms with van der Waals surface area (Å²) in [5, 5.41) is 12.8. The minimum atomic E-state index is -0.208. The van der Waals surface area contributed by atoms with Crippen molar-refractivity contribution in [2.75, 3.05) is 11.9 Å². The van der Waals surface area contributed by atoms with E-state index in [9.17, 15) is 5.11 Å². The summed E-state index contributed by atoms with van der Waals surface area (Å²) in [7, 11) is 0. The molecule has 1 fully saturated rings. The van der Waals surface area contributed by atoms with Gasteiger partial charge in [0.05, 0.1) is 6.10 Å². The number of benzene rings is 1. The molecule has 0 bridgehead atoms. The third-order valence-corrected chi connectivity index (χ3v) is 3.41. The summed E-state index contributed by atoms with van der Waals surface area (Å²) in [4.78, 5) is 4.30. The van der Waals surface area contributed by atoms with Gasteiger partial charge in [-0.25, -0.2) is 0 Å². The Balaban J connectivity index is 1.89. The number of aliphatic imine (C=N–C) groups is 1. The number of rotatable bonds is 3. The van der Waals surface area contributed by atoms with Crippen molar-refractivity contribution in [1.82, 2.24) is 0 Å². The summed E-state index contributed by atoms with van der Waals surface area (Å²) in [6.45, 7) is 2.64. The van der Waals surface area contributed by atoms with Crippen LogP contribution in [0.25, 0.3) is 0 Å². The molecule has 0 aliphatic heterocycles. The molecule has 1 aliphatic carbocycles. The van der Waals surface area contributed by atoms with Gasteiger partial charge in [-0.05, 0) is 37.5 Å². The third-order valence-electron chi connectivity index (χ3n) is 3.41. The zero-order valence-electron chi connectivity index (χ0n) is 10.8. The van der Waals surface area contributed by atoms with E-state index in [1.807, 2.05) is 31.2 Å². The van der Waals surface area contributed by atoms with Crippen LogP contribution in [0.15, 0.2) is 29.3 Å². The first-order valence-electron chi connectivity index (χ1n) is 6.47. The summed E-state index contributed by atoms with van der Waals surface area (Å²) >= 11 is 0. The van der Waals surface area contributed by atoms with Crippen LogP contribution in [0.4, 0.5) is 5.69 Å². The van der Waals surface area contributed by atoms with E-state index >= 15 is 0 Å². The van der Waals surface area contributed by atoms with Crippen molar-refractivity contribution < 1.29 is 5.11 Å². The summed E-state index contributed by atoms with van der Waals surface area (Å²) in [5.74, 6) is 0.683. The molecule has 1 aromatic carbocycles. The summed E-state index contributed by atoms with van der Waals surface area (Å²) in [5.41, 5.74) is 7.96. The molecule has 4 N–H and O–H groups in total. The Labute approximate surface area is 108 Å². The highest BCUT2D eigenvalue weighted by Gasteiger charge is 2.24. The predicted octanol–water partition coefficient (Wildman–Crippen LogP) is 1.88. The van der Waals surface area contributed by atoms with E-state index in [-0.39, 0.29) is 12.0 Å². The maximum atomic E-state index is 9.70. The van der Waals surface area contributed by atoms with E-state index in [1.54, 1.807) is 0 Å². The lowest BCUT2D eigenvalue weighted by Crippen LogP contribution is -2.25. The number of aryl methyl sites for hydroxylation is 1. The number of aliphatic hydroxyl groups is 1. The van der Waals surface area contributed by atoms with Crippen LogP contribution in [0.2, 0.25) is 0 Å². The van der Waals surface area contributed by atoms with Crippen molar-refractivity contribution >= 4 is 11.6 Å². The fourth-order valence-corrected chi connectivity index (χ4v) is 2.36. The van der Waals surface area contributed by atoms with Crippen LogP contribution in [-0.4, -0.2) is 23.7 Å². The van der Waals surface area contributed by atoms with Crippen molar-refractivity contribution in [3.8, 4) is 0 Å². The molecule has 0 saturated heterocycles. The fourth-order valence-electron chi connectivity index (χ4n) is 2.36. The SMILES string of the molecule is Cc1cccc(NC(N)=NCC2CCCC2O)c1. The van der Waals surface area contributed by atoms with Crippen LogP contribution in [0.3, 0.4) is 0 Å². The summed E-state index contributed by atoms with van der Waals surface area (Å²) < 4.78 is 0. The maximum Gasteiger partial charge on any atom is 0.193 e. The Bertz CT molecular complexity index is 431. The van der Waals surface area contributed by atoms with E-state index in [4.69, 9.17) is 5.73 Å². The number of hydrogen-bond acceptors (Lipinski definition) is 2. The normalized spacial score (nSPS) is 24.2. The van der Waals surface area contributed by atoms with Crippen molar-refractivity contribution in [2.45, 2.75) is 32.3 Å². The molecule has 4 nitrogen and oxygen atoms in total. The molecule has 0 amide bonds. The smallest absolute Gasteiger partial charge is 0.193 e.